The Balaban J connectivity index is 1.19. The smallest absolute Gasteiger partial charge is 0.225 e. The van der Waals surface area contributed by atoms with Crippen molar-refractivity contribution in [1.29, 1.82) is 0 Å². The molecule has 5 aromatic rings. The van der Waals surface area contributed by atoms with Crippen molar-refractivity contribution >= 4 is 17.3 Å². The van der Waals surface area contributed by atoms with E-state index in [1.165, 1.54) is 23.0 Å². The first kappa shape index (κ1) is 23.9. The number of anilines is 2. The highest BCUT2D eigenvalue weighted by atomic mass is 19.1. The second kappa shape index (κ2) is 9.14. The van der Waals surface area contributed by atoms with E-state index < -0.39 is 5.60 Å². The van der Waals surface area contributed by atoms with Gasteiger partial charge in [0.2, 0.25) is 5.95 Å². The van der Waals surface area contributed by atoms with Crippen LogP contribution in [0, 0.1) is 11.6 Å². The molecule has 38 heavy (non-hydrogen) atoms. The van der Waals surface area contributed by atoms with Gasteiger partial charge in [0, 0.05) is 74.7 Å². The number of fused-ring (bicyclic) bond motifs is 1. The average Bonchev–Trinajstić information content (AvgIpc) is 3.52. The van der Waals surface area contributed by atoms with Crippen LogP contribution in [0.5, 0.6) is 0 Å². The van der Waals surface area contributed by atoms with E-state index in [2.05, 4.69) is 25.1 Å². The van der Waals surface area contributed by atoms with Crippen LogP contribution in [0.4, 0.5) is 20.5 Å². The number of hydrogen-bond donors (Lipinski definition) is 1. The Bertz CT molecular complexity index is 1590. The molecule has 0 amide bonds. The molecule has 1 aliphatic rings. The number of benzene rings is 1. The first-order valence-electron chi connectivity index (χ1n) is 12.1. The van der Waals surface area contributed by atoms with Gasteiger partial charge in [-0.3, -0.25) is 4.68 Å². The summed E-state index contributed by atoms with van der Waals surface area (Å²) >= 11 is 0. The summed E-state index contributed by atoms with van der Waals surface area (Å²) in [7, 11) is 1.78. The fourth-order valence-electron chi connectivity index (χ4n) is 4.75. The van der Waals surface area contributed by atoms with Gasteiger partial charge in [-0.2, -0.15) is 10.2 Å². The Morgan fingerprint density at radius 3 is 2.18 bits per heavy atom. The summed E-state index contributed by atoms with van der Waals surface area (Å²) in [4.78, 5) is 17.4. The van der Waals surface area contributed by atoms with Gasteiger partial charge in [0.05, 0.1) is 6.20 Å². The Morgan fingerprint density at radius 2 is 1.53 bits per heavy atom. The van der Waals surface area contributed by atoms with E-state index in [0.717, 1.165) is 0 Å². The fourth-order valence-corrected chi connectivity index (χ4v) is 4.75. The lowest BCUT2D eigenvalue weighted by molar-refractivity contribution is 0.101. The second-order valence-corrected chi connectivity index (χ2v) is 9.46. The Morgan fingerprint density at radius 1 is 0.842 bits per heavy atom. The van der Waals surface area contributed by atoms with Crippen LogP contribution in [0.25, 0.3) is 16.6 Å². The number of aryl methyl sites for hydroxylation is 1. The minimum atomic E-state index is -1.36. The van der Waals surface area contributed by atoms with E-state index in [4.69, 9.17) is 0 Å². The summed E-state index contributed by atoms with van der Waals surface area (Å²) in [6.07, 6.45) is 9.63. The minimum Gasteiger partial charge on any atom is -0.381 e. The number of piperazine rings is 1. The van der Waals surface area contributed by atoms with Crippen LogP contribution >= 0.6 is 0 Å². The maximum Gasteiger partial charge on any atom is 0.225 e. The van der Waals surface area contributed by atoms with Gasteiger partial charge < -0.3 is 14.9 Å². The van der Waals surface area contributed by atoms with Crippen molar-refractivity contribution in [3.63, 3.8) is 0 Å². The largest absolute Gasteiger partial charge is 0.381 e. The first-order chi connectivity index (χ1) is 18.3. The monoisotopic (exact) mass is 517 g/mol. The van der Waals surface area contributed by atoms with Crippen molar-refractivity contribution in [2.24, 2.45) is 7.05 Å². The third-order valence-corrected chi connectivity index (χ3v) is 6.98. The molecular formula is C26H25F2N9O. The molecule has 0 bridgehead atoms. The summed E-state index contributed by atoms with van der Waals surface area (Å²) in [5, 5.41) is 19.4. The molecule has 194 valence electrons. The molecule has 1 saturated heterocycles. The molecule has 0 saturated carbocycles. The summed E-state index contributed by atoms with van der Waals surface area (Å²) in [6.45, 7) is 3.99. The van der Waals surface area contributed by atoms with Crippen molar-refractivity contribution in [3.8, 4) is 11.1 Å². The average molecular weight is 518 g/mol. The molecule has 6 rings (SSSR count). The van der Waals surface area contributed by atoms with E-state index in [-0.39, 0.29) is 11.6 Å². The third-order valence-electron chi connectivity index (χ3n) is 6.98. The molecule has 4 aromatic heterocycles. The topological polar surface area (TPSA) is 101 Å². The number of nitrogens with zero attached hydrogens (tertiary/aromatic N) is 9. The van der Waals surface area contributed by atoms with E-state index in [9.17, 15) is 9.50 Å². The van der Waals surface area contributed by atoms with Gasteiger partial charge in [0.15, 0.2) is 11.6 Å². The van der Waals surface area contributed by atoms with Crippen molar-refractivity contribution in [2.75, 3.05) is 36.0 Å². The van der Waals surface area contributed by atoms with Crippen molar-refractivity contribution in [3.05, 3.63) is 84.3 Å². The summed E-state index contributed by atoms with van der Waals surface area (Å²) in [5.74, 6) is 0.303. The highest BCUT2D eigenvalue weighted by Crippen LogP contribution is 2.32. The van der Waals surface area contributed by atoms with Crippen LogP contribution in [0.2, 0.25) is 0 Å². The molecule has 1 unspecified atom stereocenters. The normalized spacial score (nSPS) is 15.7. The van der Waals surface area contributed by atoms with Crippen LogP contribution in [0.15, 0.2) is 61.6 Å². The zero-order valence-corrected chi connectivity index (χ0v) is 20.8. The summed E-state index contributed by atoms with van der Waals surface area (Å²) in [6, 6.07) is 5.70. The molecule has 1 aromatic carbocycles. The Kier molecular flexibility index (Phi) is 5.75. The Hall–Kier alpha value is -4.45. The van der Waals surface area contributed by atoms with Gasteiger partial charge >= 0.3 is 0 Å². The Labute approximate surface area is 216 Å². The van der Waals surface area contributed by atoms with Gasteiger partial charge in [0.1, 0.15) is 23.3 Å². The van der Waals surface area contributed by atoms with Crippen LogP contribution in [0.3, 0.4) is 0 Å². The zero-order chi connectivity index (χ0) is 26.4. The molecule has 1 aliphatic heterocycles. The lowest BCUT2D eigenvalue weighted by Gasteiger charge is -2.35. The fraction of sp³-hybridized carbons (Fsp3) is 0.269. The van der Waals surface area contributed by atoms with E-state index in [0.29, 0.717) is 65.7 Å². The lowest BCUT2D eigenvalue weighted by atomic mass is 9.90. The van der Waals surface area contributed by atoms with Crippen molar-refractivity contribution in [2.45, 2.75) is 12.5 Å². The maximum absolute atomic E-state index is 15.5. The van der Waals surface area contributed by atoms with Gasteiger partial charge in [-0.15, -0.1) is 0 Å². The first-order valence-corrected chi connectivity index (χ1v) is 12.1. The van der Waals surface area contributed by atoms with Gasteiger partial charge in [-0.05, 0) is 24.6 Å². The predicted octanol–water partition coefficient (Wildman–Crippen LogP) is 2.78. The molecule has 1 fully saturated rings. The molecule has 10 nitrogen and oxygen atoms in total. The third kappa shape index (κ3) is 4.12. The van der Waals surface area contributed by atoms with Gasteiger partial charge in [-0.25, -0.2) is 28.2 Å². The van der Waals surface area contributed by atoms with Crippen LogP contribution in [-0.2, 0) is 12.6 Å². The van der Waals surface area contributed by atoms with Crippen molar-refractivity contribution < 1.29 is 13.9 Å². The molecule has 0 aliphatic carbocycles. The molecule has 0 spiro atoms. The molecule has 12 heteroatoms. The number of aromatic nitrogens is 7. The van der Waals surface area contributed by atoms with E-state index in [1.54, 1.807) is 61.8 Å². The highest BCUT2D eigenvalue weighted by molar-refractivity contribution is 5.78. The zero-order valence-electron chi connectivity index (χ0n) is 20.8. The van der Waals surface area contributed by atoms with Crippen molar-refractivity contribution in [1.82, 2.24) is 34.3 Å². The highest BCUT2D eigenvalue weighted by Gasteiger charge is 2.28. The standard InChI is InChI=1S/C26H25F2N9O/c1-26(38,18-3-5-20(27)6-4-18)19-12-29-25(30-13-19)36-9-7-35(8-10-36)24-23-22(28)21(15-37(23)33-16-31-24)17-11-32-34(2)14-17/h3-6,11-16,38H,7-10H2,1-2H3. The van der Waals surface area contributed by atoms with Crippen LogP contribution < -0.4 is 9.80 Å². The number of aliphatic hydroxyl groups is 1. The summed E-state index contributed by atoms with van der Waals surface area (Å²) < 4.78 is 32.0. The molecular weight excluding hydrogens is 492 g/mol. The summed E-state index contributed by atoms with van der Waals surface area (Å²) in [5.41, 5.74) is 1.10. The van der Waals surface area contributed by atoms with E-state index in [1.807, 2.05) is 9.80 Å². The quantitative estimate of drug-likeness (QED) is 0.380. The maximum atomic E-state index is 15.5. The number of rotatable bonds is 5. The SMILES string of the molecule is Cn1cc(-c2cn3ncnc(N4CCN(c5ncc(C(C)(O)c6ccc(F)cc6)cn5)CC4)c3c2F)cn1. The lowest BCUT2D eigenvalue weighted by Crippen LogP contribution is -2.47. The second-order valence-electron chi connectivity index (χ2n) is 9.46. The van der Waals surface area contributed by atoms with Gasteiger partial charge in [0.25, 0.3) is 0 Å². The molecule has 0 radical (unpaired) electrons. The van der Waals surface area contributed by atoms with Gasteiger partial charge in [-0.1, -0.05) is 12.1 Å². The predicted molar refractivity (Wildman–Crippen MR) is 137 cm³/mol. The molecule has 5 heterocycles. The number of halogens is 2. The van der Waals surface area contributed by atoms with E-state index >= 15 is 4.39 Å². The van der Waals surface area contributed by atoms with Crippen LogP contribution in [-0.4, -0.2) is 65.6 Å². The van der Waals surface area contributed by atoms with Crippen LogP contribution in [0.1, 0.15) is 18.1 Å². The minimum absolute atomic E-state index is 0.323. The molecule has 1 atom stereocenters. The molecule has 1 N–H and O–H groups in total. The number of hydrogen-bond acceptors (Lipinski definition) is 8.